The van der Waals surface area contributed by atoms with E-state index >= 15 is 0 Å². The number of nitrogens with zero attached hydrogens (tertiary/aromatic N) is 3. The largest absolute Gasteiger partial charge is 0.390 e. The zero-order valence-electron chi connectivity index (χ0n) is 22.1. The second-order valence-corrected chi connectivity index (χ2v) is 13.4. The topological polar surface area (TPSA) is 115 Å². The van der Waals surface area contributed by atoms with Crippen molar-refractivity contribution in [2.45, 2.75) is 74.3 Å². The number of benzene rings is 2. The van der Waals surface area contributed by atoms with E-state index < -0.39 is 57.6 Å². The molecule has 0 radical (unpaired) electrons. The van der Waals surface area contributed by atoms with E-state index in [0.717, 1.165) is 5.56 Å². The highest BCUT2D eigenvalue weighted by molar-refractivity contribution is 7.89. The normalized spacial score (nSPS) is 26.6. The summed E-state index contributed by atoms with van der Waals surface area (Å²) in [4.78, 5) is 17.5. The van der Waals surface area contributed by atoms with Gasteiger partial charge in [-0.25, -0.2) is 8.42 Å². The Bertz CT molecular complexity index is 1460. The summed E-state index contributed by atoms with van der Waals surface area (Å²) in [5.74, 6) is 0.0259. The summed E-state index contributed by atoms with van der Waals surface area (Å²) in [6.07, 6.45) is -3.96. The molecule has 3 saturated carbocycles. The minimum absolute atomic E-state index is 0.134. The van der Waals surface area contributed by atoms with Crippen LogP contribution < -0.4 is 10.6 Å². The molecule has 3 aliphatic carbocycles. The molecule has 2 aromatic carbocycles. The standard InChI is InChI=1S/C28H30F3N5O3S/c1-25(2)22(23(37)33-13-12-28(29,30)31)34-24(35-25)26-16-27(17-26,18-26)36(15-20-10-8-19(14-32)9-11-20)40(38,39)21-6-4-3-5-7-21/h3-11,22H,12-13,15-18H2,1-2H3,(H,33,37)(H,34,35)/t22-,26?,27?/m0/s1. The number of aliphatic imine (C=N–C) groups is 1. The van der Waals surface area contributed by atoms with E-state index in [9.17, 15) is 26.4 Å². The molecule has 8 nitrogen and oxygen atoms in total. The van der Waals surface area contributed by atoms with Crippen molar-refractivity contribution >= 4 is 21.8 Å². The Morgan fingerprint density at radius 1 is 1.12 bits per heavy atom. The molecule has 4 aliphatic rings. The van der Waals surface area contributed by atoms with Crippen molar-refractivity contribution in [3.63, 3.8) is 0 Å². The third-order valence-corrected chi connectivity index (χ3v) is 10.1. The summed E-state index contributed by atoms with van der Waals surface area (Å²) in [5.41, 5.74) is -0.628. The predicted molar refractivity (Wildman–Crippen MR) is 141 cm³/mol. The first-order valence-electron chi connectivity index (χ1n) is 13.0. The monoisotopic (exact) mass is 573 g/mol. The van der Waals surface area contributed by atoms with Gasteiger partial charge in [-0.05, 0) is 62.9 Å². The lowest BCUT2D eigenvalue weighted by Gasteiger charge is -2.73. The molecule has 1 atom stereocenters. The van der Waals surface area contributed by atoms with Crippen molar-refractivity contribution in [2.24, 2.45) is 10.4 Å². The maximum atomic E-state index is 13.9. The lowest BCUT2D eigenvalue weighted by molar-refractivity contribution is -0.151. The Hall–Kier alpha value is -3.43. The molecule has 1 aliphatic heterocycles. The van der Waals surface area contributed by atoms with Crippen LogP contribution in [0.3, 0.4) is 0 Å². The van der Waals surface area contributed by atoms with Crippen LogP contribution in [0.2, 0.25) is 0 Å². The van der Waals surface area contributed by atoms with Crippen LogP contribution in [-0.2, 0) is 21.4 Å². The number of amides is 1. The van der Waals surface area contributed by atoms with Crippen molar-refractivity contribution in [1.82, 2.24) is 14.9 Å². The zero-order valence-corrected chi connectivity index (χ0v) is 22.9. The van der Waals surface area contributed by atoms with Gasteiger partial charge in [-0.1, -0.05) is 30.3 Å². The molecule has 2 aromatic rings. The van der Waals surface area contributed by atoms with Gasteiger partial charge in [0.15, 0.2) is 6.04 Å². The molecule has 212 valence electrons. The number of sulfonamides is 1. The van der Waals surface area contributed by atoms with Crippen molar-refractivity contribution in [3.8, 4) is 6.07 Å². The molecule has 1 amide bonds. The fourth-order valence-corrected chi connectivity index (χ4v) is 7.88. The van der Waals surface area contributed by atoms with Gasteiger partial charge in [0.1, 0.15) is 5.84 Å². The van der Waals surface area contributed by atoms with Gasteiger partial charge in [-0.2, -0.15) is 22.7 Å². The van der Waals surface area contributed by atoms with Crippen LogP contribution in [-0.4, -0.2) is 54.3 Å². The van der Waals surface area contributed by atoms with Crippen molar-refractivity contribution < 1.29 is 26.4 Å². The second-order valence-electron chi connectivity index (χ2n) is 11.6. The van der Waals surface area contributed by atoms with E-state index in [-0.39, 0.29) is 11.4 Å². The predicted octanol–water partition coefficient (Wildman–Crippen LogP) is 3.89. The fraction of sp³-hybridized carbons (Fsp3) is 0.464. The Balaban J connectivity index is 1.36. The number of hydrogen-bond acceptors (Lipinski definition) is 6. The van der Waals surface area contributed by atoms with E-state index in [1.165, 1.54) is 0 Å². The van der Waals surface area contributed by atoms with Gasteiger partial charge >= 0.3 is 6.18 Å². The number of amidine groups is 1. The first-order chi connectivity index (χ1) is 18.7. The summed E-state index contributed by atoms with van der Waals surface area (Å²) in [7, 11) is -3.86. The van der Waals surface area contributed by atoms with Crippen molar-refractivity contribution in [1.29, 1.82) is 5.26 Å². The zero-order chi connectivity index (χ0) is 29.0. The smallest absolute Gasteiger partial charge is 0.366 e. The van der Waals surface area contributed by atoms with Crippen LogP contribution in [0.1, 0.15) is 50.7 Å². The number of nitriles is 1. The molecular formula is C28H30F3N5O3S. The summed E-state index contributed by atoms with van der Waals surface area (Å²) >= 11 is 0. The van der Waals surface area contributed by atoms with E-state index in [1.54, 1.807) is 72.7 Å². The SMILES string of the molecule is CC1(C)NC(C23CC(N(Cc4ccc(C#N)cc4)S(=O)(=O)c4ccccc4)(C2)C3)=N[C@H]1C(=O)NCCC(F)(F)F. The molecule has 0 spiro atoms. The van der Waals surface area contributed by atoms with Crippen LogP contribution in [0, 0.1) is 16.7 Å². The molecule has 0 unspecified atom stereocenters. The quantitative estimate of drug-likeness (QED) is 0.473. The van der Waals surface area contributed by atoms with E-state index in [1.807, 2.05) is 0 Å². The Morgan fingerprint density at radius 2 is 1.75 bits per heavy atom. The maximum Gasteiger partial charge on any atom is 0.390 e. The average molecular weight is 574 g/mol. The van der Waals surface area contributed by atoms with Gasteiger partial charge in [0.25, 0.3) is 0 Å². The third-order valence-electron chi connectivity index (χ3n) is 8.11. The number of carbonyl (C=O) groups excluding carboxylic acids is 1. The molecule has 6 rings (SSSR count). The highest BCUT2D eigenvalue weighted by Crippen LogP contribution is 2.71. The van der Waals surface area contributed by atoms with Gasteiger partial charge in [0.2, 0.25) is 15.9 Å². The van der Waals surface area contributed by atoms with Crippen molar-refractivity contribution in [2.75, 3.05) is 6.54 Å². The molecule has 1 heterocycles. The number of rotatable bonds is 9. The van der Waals surface area contributed by atoms with Crippen molar-refractivity contribution in [3.05, 3.63) is 65.7 Å². The van der Waals surface area contributed by atoms with Crippen LogP contribution in [0.15, 0.2) is 64.5 Å². The Kier molecular flexibility index (Phi) is 6.74. The molecule has 0 aromatic heterocycles. The second kappa shape index (κ2) is 9.59. The molecule has 3 fully saturated rings. The molecule has 2 N–H and O–H groups in total. The molecule has 2 bridgehead atoms. The third kappa shape index (κ3) is 4.97. The first-order valence-corrected chi connectivity index (χ1v) is 14.4. The highest BCUT2D eigenvalue weighted by atomic mass is 32.2. The number of hydrogen-bond donors (Lipinski definition) is 2. The summed E-state index contributed by atoms with van der Waals surface area (Å²) in [6, 6.07) is 16.2. The van der Waals surface area contributed by atoms with Gasteiger partial charge in [0, 0.05) is 24.0 Å². The summed E-state index contributed by atoms with van der Waals surface area (Å²) in [5, 5.41) is 14.8. The molecular weight excluding hydrogens is 543 g/mol. The van der Waals surface area contributed by atoms with Gasteiger partial charge in [0.05, 0.1) is 28.5 Å². The van der Waals surface area contributed by atoms with Gasteiger partial charge < -0.3 is 10.6 Å². The average Bonchev–Trinajstić information content (AvgIpc) is 3.16. The number of alkyl halides is 3. The van der Waals surface area contributed by atoms with E-state index in [2.05, 4.69) is 21.7 Å². The first kappa shape index (κ1) is 28.1. The molecule has 40 heavy (non-hydrogen) atoms. The molecule has 12 heteroatoms. The van der Waals surface area contributed by atoms with Crippen LogP contribution in [0.5, 0.6) is 0 Å². The lowest BCUT2D eigenvalue weighted by Crippen LogP contribution is -2.78. The highest BCUT2D eigenvalue weighted by Gasteiger charge is 2.75. The van der Waals surface area contributed by atoms with Crippen LogP contribution >= 0.6 is 0 Å². The van der Waals surface area contributed by atoms with E-state index in [0.29, 0.717) is 30.7 Å². The molecule has 0 saturated heterocycles. The van der Waals surface area contributed by atoms with Gasteiger partial charge in [-0.15, -0.1) is 0 Å². The van der Waals surface area contributed by atoms with E-state index in [4.69, 9.17) is 5.26 Å². The van der Waals surface area contributed by atoms with Gasteiger partial charge in [-0.3, -0.25) is 9.79 Å². The number of halogens is 3. The van der Waals surface area contributed by atoms with Crippen LogP contribution in [0.25, 0.3) is 0 Å². The Labute approximate surface area is 231 Å². The summed E-state index contributed by atoms with van der Waals surface area (Å²) < 4.78 is 66.8. The minimum Gasteiger partial charge on any atom is -0.366 e. The number of carbonyl (C=O) groups is 1. The maximum absolute atomic E-state index is 13.9. The minimum atomic E-state index is -4.37. The fourth-order valence-electron chi connectivity index (χ4n) is 6.10. The van der Waals surface area contributed by atoms with Crippen LogP contribution in [0.4, 0.5) is 13.2 Å². The lowest BCUT2D eigenvalue weighted by atomic mass is 9.38. The Morgan fingerprint density at radius 3 is 2.33 bits per heavy atom. The summed E-state index contributed by atoms with van der Waals surface area (Å²) in [6.45, 7) is 3.16. The number of nitrogens with one attached hydrogen (secondary N) is 2.